The van der Waals surface area contributed by atoms with E-state index in [1.807, 2.05) is 0 Å². The Morgan fingerprint density at radius 2 is 1.76 bits per heavy atom. The van der Waals surface area contributed by atoms with Crippen LogP contribution in [0.25, 0.3) is 11.2 Å². The third-order valence-corrected chi connectivity index (χ3v) is 8.70. The minimum Gasteiger partial charge on any atom is -0.314 e. The molecule has 200 valence electrons. The number of likely N-dealkylation sites (tertiary alicyclic amines) is 1. The van der Waals surface area contributed by atoms with E-state index in [2.05, 4.69) is 95.1 Å². The van der Waals surface area contributed by atoms with Gasteiger partial charge in [-0.05, 0) is 57.5 Å². The second-order valence-electron chi connectivity index (χ2n) is 11.1. The minimum absolute atomic E-state index is 0.118. The lowest BCUT2D eigenvalue weighted by molar-refractivity contribution is 0.0507. The Kier molecular flexibility index (Phi) is 8.24. The fourth-order valence-electron chi connectivity index (χ4n) is 6.55. The van der Waals surface area contributed by atoms with E-state index in [1.54, 1.807) is 0 Å². The molecular weight excluding hydrogens is 458 g/mol. The lowest BCUT2D eigenvalue weighted by atomic mass is 9.79. The standard InChI is InChI=1S/C30H45N7/c1-5-10-27(36-19-15-31-16-20-36)29-33-26-21-24(22-32-28(26)37(29)6-2)23-35-17-13-30(14-18-35,34(3)4)25-11-8-7-9-12-25/h7-9,11-12,21-22,27,31H,5-6,10,13-20,23H2,1-4H3/t27-/m1/s1. The first-order valence-corrected chi connectivity index (χ1v) is 14.3. The van der Waals surface area contributed by atoms with Crippen LogP contribution in [0.2, 0.25) is 0 Å². The number of piperazine rings is 1. The first kappa shape index (κ1) is 26.3. The number of aromatic nitrogens is 3. The number of nitrogens with zero attached hydrogens (tertiary/aromatic N) is 6. The Morgan fingerprint density at radius 3 is 2.41 bits per heavy atom. The van der Waals surface area contributed by atoms with Crippen LogP contribution in [0.1, 0.15) is 62.5 Å². The van der Waals surface area contributed by atoms with Crippen molar-refractivity contribution >= 4 is 11.2 Å². The molecule has 0 aliphatic carbocycles. The highest BCUT2D eigenvalue weighted by Gasteiger charge is 2.38. The highest BCUT2D eigenvalue weighted by molar-refractivity contribution is 5.72. The lowest BCUT2D eigenvalue weighted by Crippen LogP contribution is -2.50. The van der Waals surface area contributed by atoms with Gasteiger partial charge in [-0.15, -0.1) is 0 Å². The number of imidazole rings is 1. The molecule has 0 saturated carbocycles. The molecular formula is C30H45N7. The molecule has 0 amide bonds. The molecule has 7 heteroatoms. The summed E-state index contributed by atoms with van der Waals surface area (Å²) in [6.45, 7) is 12.8. The van der Waals surface area contributed by atoms with Crippen LogP contribution >= 0.6 is 0 Å². The number of aryl methyl sites for hydroxylation is 1. The summed E-state index contributed by atoms with van der Waals surface area (Å²) in [6, 6.07) is 13.7. The Hall–Kier alpha value is -2.32. The molecule has 2 aromatic heterocycles. The third kappa shape index (κ3) is 5.32. The predicted octanol–water partition coefficient (Wildman–Crippen LogP) is 4.25. The molecule has 0 bridgehead atoms. The number of nitrogens with one attached hydrogen (secondary N) is 1. The van der Waals surface area contributed by atoms with Gasteiger partial charge in [0.05, 0.1) is 6.04 Å². The molecule has 4 heterocycles. The third-order valence-electron chi connectivity index (χ3n) is 8.70. The summed E-state index contributed by atoms with van der Waals surface area (Å²) in [5, 5.41) is 3.50. The van der Waals surface area contributed by atoms with Crippen LogP contribution in [0.15, 0.2) is 42.6 Å². The molecule has 37 heavy (non-hydrogen) atoms. The zero-order chi connectivity index (χ0) is 25.8. The monoisotopic (exact) mass is 503 g/mol. The minimum atomic E-state index is 0.118. The number of fused-ring (bicyclic) bond motifs is 1. The maximum absolute atomic E-state index is 5.23. The number of pyridine rings is 1. The van der Waals surface area contributed by atoms with E-state index in [4.69, 9.17) is 9.97 Å². The zero-order valence-electron chi connectivity index (χ0n) is 23.3. The van der Waals surface area contributed by atoms with E-state index in [9.17, 15) is 0 Å². The van der Waals surface area contributed by atoms with Crippen LogP contribution in [0.3, 0.4) is 0 Å². The first-order valence-electron chi connectivity index (χ1n) is 14.3. The summed E-state index contributed by atoms with van der Waals surface area (Å²) >= 11 is 0. The molecule has 0 spiro atoms. The molecule has 3 aromatic rings. The Morgan fingerprint density at radius 1 is 1.03 bits per heavy atom. The van der Waals surface area contributed by atoms with E-state index < -0.39 is 0 Å². The van der Waals surface area contributed by atoms with Crippen LogP contribution in [-0.2, 0) is 18.6 Å². The van der Waals surface area contributed by atoms with Crippen molar-refractivity contribution in [1.29, 1.82) is 0 Å². The molecule has 5 rings (SSSR count). The van der Waals surface area contributed by atoms with Crippen LogP contribution < -0.4 is 5.32 Å². The van der Waals surface area contributed by atoms with Crippen LogP contribution in [0.4, 0.5) is 0 Å². The van der Waals surface area contributed by atoms with Crippen molar-refractivity contribution in [3.63, 3.8) is 0 Å². The molecule has 0 radical (unpaired) electrons. The van der Waals surface area contributed by atoms with Gasteiger partial charge in [-0.3, -0.25) is 14.7 Å². The molecule has 7 nitrogen and oxygen atoms in total. The van der Waals surface area contributed by atoms with Crippen molar-refractivity contribution in [2.45, 2.75) is 64.2 Å². The van der Waals surface area contributed by atoms with Crippen molar-refractivity contribution in [2.24, 2.45) is 0 Å². The Labute approximate surface area is 222 Å². The number of piperidine rings is 1. The SMILES string of the molecule is CCC[C@H](c1nc2cc(CN3CCC(c4ccccc4)(N(C)C)CC3)cnc2n1CC)N1CCNCC1. The second kappa shape index (κ2) is 11.6. The Balaban J connectivity index is 1.34. The number of rotatable bonds is 9. The number of hydrogen-bond donors (Lipinski definition) is 1. The summed E-state index contributed by atoms with van der Waals surface area (Å²) in [6.07, 6.45) is 6.66. The molecule has 2 aliphatic heterocycles. The van der Waals surface area contributed by atoms with Crippen LogP contribution in [0.5, 0.6) is 0 Å². The van der Waals surface area contributed by atoms with Crippen molar-refractivity contribution in [3.05, 3.63) is 59.5 Å². The zero-order valence-corrected chi connectivity index (χ0v) is 23.3. The molecule has 1 N–H and O–H groups in total. The highest BCUT2D eigenvalue weighted by Crippen LogP contribution is 2.37. The summed E-state index contributed by atoms with van der Waals surface area (Å²) in [5.74, 6) is 1.20. The average molecular weight is 504 g/mol. The normalized spacial score (nSPS) is 20.0. The van der Waals surface area contributed by atoms with Gasteiger partial charge in [-0.2, -0.15) is 0 Å². The summed E-state index contributed by atoms with van der Waals surface area (Å²) < 4.78 is 2.35. The smallest absolute Gasteiger partial charge is 0.160 e. The predicted molar refractivity (Wildman–Crippen MR) is 152 cm³/mol. The summed E-state index contributed by atoms with van der Waals surface area (Å²) in [7, 11) is 4.46. The maximum Gasteiger partial charge on any atom is 0.160 e. The van der Waals surface area contributed by atoms with Gasteiger partial charge in [0.1, 0.15) is 11.3 Å². The summed E-state index contributed by atoms with van der Waals surface area (Å²) in [5.41, 5.74) is 4.91. The van der Waals surface area contributed by atoms with Crippen molar-refractivity contribution in [2.75, 3.05) is 53.4 Å². The average Bonchev–Trinajstić information content (AvgIpc) is 3.30. The van der Waals surface area contributed by atoms with E-state index in [1.165, 1.54) is 17.0 Å². The summed E-state index contributed by atoms with van der Waals surface area (Å²) in [4.78, 5) is 17.8. The van der Waals surface area contributed by atoms with Gasteiger partial charge in [0.15, 0.2) is 5.65 Å². The van der Waals surface area contributed by atoms with E-state index in [-0.39, 0.29) is 5.54 Å². The molecule has 2 fully saturated rings. The van der Waals surface area contributed by atoms with Gasteiger partial charge in [0, 0.05) is 64.1 Å². The van der Waals surface area contributed by atoms with Crippen molar-refractivity contribution < 1.29 is 0 Å². The number of benzene rings is 1. The fraction of sp³-hybridized carbons (Fsp3) is 0.600. The van der Waals surface area contributed by atoms with Crippen LogP contribution in [-0.4, -0.2) is 82.6 Å². The Bertz CT molecular complexity index is 1140. The van der Waals surface area contributed by atoms with Gasteiger partial charge in [-0.25, -0.2) is 9.97 Å². The molecule has 1 atom stereocenters. The first-order chi connectivity index (χ1) is 18.1. The maximum atomic E-state index is 5.23. The van der Waals surface area contributed by atoms with Gasteiger partial charge >= 0.3 is 0 Å². The quantitative estimate of drug-likeness (QED) is 0.471. The van der Waals surface area contributed by atoms with Gasteiger partial charge in [0.25, 0.3) is 0 Å². The van der Waals surface area contributed by atoms with E-state index in [0.29, 0.717) is 6.04 Å². The highest BCUT2D eigenvalue weighted by atomic mass is 15.3. The van der Waals surface area contributed by atoms with Crippen LogP contribution in [0, 0.1) is 0 Å². The van der Waals surface area contributed by atoms with E-state index >= 15 is 0 Å². The molecule has 1 aromatic carbocycles. The van der Waals surface area contributed by atoms with Gasteiger partial charge in [-0.1, -0.05) is 43.7 Å². The topological polar surface area (TPSA) is 52.5 Å². The largest absolute Gasteiger partial charge is 0.314 e. The second-order valence-corrected chi connectivity index (χ2v) is 11.1. The number of hydrogen-bond acceptors (Lipinski definition) is 6. The van der Waals surface area contributed by atoms with Gasteiger partial charge < -0.3 is 9.88 Å². The van der Waals surface area contributed by atoms with E-state index in [0.717, 1.165) is 89.2 Å². The lowest BCUT2D eigenvalue weighted by Gasteiger charge is -2.46. The van der Waals surface area contributed by atoms with Gasteiger partial charge in [0.2, 0.25) is 0 Å². The molecule has 2 aliphatic rings. The fourth-order valence-corrected chi connectivity index (χ4v) is 6.55. The molecule has 0 unspecified atom stereocenters. The van der Waals surface area contributed by atoms with Crippen molar-refractivity contribution in [3.8, 4) is 0 Å². The molecule has 2 saturated heterocycles. The van der Waals surface area contributed by atoms with Crippen molar-refractivity contribution in [1.82, 2.24) is 34.6 Å².